The lowest BCUT2D eigenvalue weighted by Crippen LogP contribution is -2.68. The Labute approximate surface area is 108 Å². The van der Waals surface area contributed by atoms with E-state index < -0.39 is 0 Å². The van der Waals surface area contributed by atoms with E-state index in [-0.39, 0.29) is 11.4 Å². The van der Waals surface area contributed by atoms with Gasteiger partial charge in [0.15, 0.2) is 0 Å². The number of benzene rings is 1. The summed E-state index contributed by atoms with van der Waals surface area (Å²) in [7, 11) is 0. The van der Waals surface area contributed by atoms with Crippen LogP contribution in [0.5, 0.6) is 0 Å². The molecule has 0 unspecified atom stereocenters. The molecule has 18 heavy (non-hydrogen) atoms. The van der Waals surface area contributed by atoms with Crippen molar-refractivity contribution >= 4 is 5.91 Å². The number of aryl methyl sites for hydroxylation is 2. The van der Waals surface area contributed by atoms with Gasteiger partial charge in [0.25, 0.3) is 5.91 Å². The minimum Gasteiger partial charge on any atom is -0.335 e. The van der Waals surface area contributed by atoms with E-state index in [1.54, 1.807) is 0 Å². The highest BCUT2D eigenvalue weighted by Crippen LogP contribution is 2.26. The number of fused-ring (bicyclic) bond motifs is 1. The van der Waals surface area contributed by atoms with Gasteiger partial charge in [-0.2, -0.15) is 0 Å². The molecule has 1 heterocycles. The lowest BCUT2D eigenvalue weighted by molar-refractivity contribution is 0.0401. The summed E-state index contributed by atoms with van der Waals surface area (Å²) in [5.41, 5.74) is 9.56. The summed E-state index contributed by atoms with van der Waals surface area (Å²) < 4.78 is 0. The molecule has 3 heteroatoms. The predicted molar refractivity (Wildman–Crippen MR) is 71.6 cm³/mol. The zero-order valence-electron chi connectivity index (χ0n) is 10.9. The number of nitrogens with two attached hydrogens (primary N) is 1. The summed E-state index contributed by atoms with van der Waals surface area (Å²) in [6.07, 6.45) is 4.43. The van der Waals surface area contributed by atoms with Crippen molar-refractivity contribution in [3.8, 4) is 0 Å². The Morgan fingerprint density at radius 3 is 2.78 bits per heavy atom. The van der Waals surface area contributed by atoms with Crippen molar-refractivity contribution in [2.24, 2.45) is 5.73 Å². The van der Waals surface area contributed by atoms with Crippen molar-refractivity contribution in [2.45, 2.75) is 38.1 Å². The van der Waals surface area contributed by atoms with Crippen LogP contribution >= 0.6 is 0 Å². The third-order valence-electron chi connectivity index (χ3n) is 4.35. The number of hydrogen-bond acceptors (Lipinski definition) is 2. The van der Waals surface area contributed by atoms with Crippen LogP contribution in [0.2, 0.25) is 0 Å². The van der Waals surface area contributed by atoms with Gasteiger partial charge in [-0.15, -0.1) is 0 Å². The fraction of sp³-hybridized carbons (Fsp3) is 0.533. The first-order valence-corrected chi connectivity index (χ1v) is 6.81. The molecular formula is C15H20N2O. The molecule has 1 aromatic carbocycles. The molecule has 0 bridgehead atoms. The molecule has 1 aliphatic carbocycles. The summed E-state index contributed by atoms with van der Waals surface area (Å²) in [5.74, 6) is 0.138. The molecule has 1 saturated heterocycles. The number of carbonyl (C=O) groups excluding carboxylic acids is 1. The Kier molecular flexibility index (Phi) is 2.67. The average molecular weight is 244 g/mol. The van der Waals surface area contributed by atoms with Crippen LogP contribution in [0.25, 0.3) is 0 Å². The maximum absolute atomic E-state index is 12.3. The zero-order chi connectivity index (χ0) is 12.8. The first kappa shape index (κ1) is 11.7. The van der Waals surface area contributed by atoms with Crippen LogP contribution in [0.1, 0.15) is 41.3 Å². The molecule has 0 saturated carbocycles. The highest BCUT2D eigenvalue weighted by atomic mass is 16.2. The number of carbonyl (C=O) groups is 1. The van der Waals surface area contributed by atoms with Gasteiger partial charge in [0.1, 0.15) is 0 Å². The van der Waals surface area contributed by atoms with Gasteiger partial charge < -0.3 is 10.6 Å². The number of hydrogen-bond donors (Lipinski definition) is 1. The molecule has 1 aliphatic heterocycles. The standard InChI is InChI=1S/C15H20N2O/c1-2-15(16)9-17(10-15)14(18)13-7-6-11-4-3-5-12(11)8-13/h6-8H,2-5,9-10,16H2,1H3. The molecule has 1 amide bonds. The van der Waals surface area contributed by atoms with E-state index in [1.165, 1.54) is 17.5 Å². The Balaban J connectivity index is 1.74. The van der Waals surface area contributed by atoms with Gasteiger partial charge in [-0.25, -0.2) is 0 Å². The Morgan fingerprint density at radius 2 is 2.06 bits per heavy atom. The lowest BCUT2D eigenvalue weighted by Gasteiger charge is -2.47. The van der Waals surface area contributed by atoms with Gasteiger partial charge in [0.05, 0.1) is 5.54 Å². The van der Waals surface area contributed by atoms with Crippen LogP contribution in [0.3, 0.4) is 0 Å². The fourth-order valence-electron chi connectivity index (χ4n) is 2.97. The third kappa shape index (κ3) is 1.83. The van der Waals surface area contributed by atoms with E-state index >= 15 is 0 Å². The molecule has 2 aliphatic rings. The van der Waals surface area contributed by atoms with Crippen LogP contribution in [0.4, 0.5) is 0 Å². The van der Waals surface area contributed by atoms with Crippen LogP contribution in [-0.4, -0.2) is 29.4 Å². The van der Waals surface area contributed by atoms with E-state index in [4.69, 9.17) is 5.73 Å². The molecule has 0 aromatic heterocycles. The summed E-state index contributed by atoms with van der Waals surface area (Å²) in [6.45, 7) is 3.47. The van der Waals surface area contributed by atoms with Gasteiger partial charge in [0, 0.05) is 18.7 Å². The SMILES string of the molecule is CCC1(N)CN(C(=O)c2ccc3c(c2)CCC3)C1. The molecule has 1 fully saturated rings. The Morgan fingerprint density at radius 1 is 1.33 bits per heavy atom. The fourth-order valence-corrected chi connectivity index (χ4v) is 2.97. The second kappa shape index (κ2) is 4.09. The number of rotatable bonds is 2. The number of likely N-dealkylation sites (tertiary alicyclic amines) is 1. The van der Waals surface area contributed by atoms with E-state index in [2.05, 4.69) is 19.1 Å². The Hall–Kier alpha value is -1.35. The van der Waals surface area contributed by atoms with Gasteiger partial charge in [-0.1, -0.05) is 13.0 Å². The predicted octanol–water partition coefficient (Wildman–Crippen LogP) is 1.74. The molecule has 0 radical (unpaired) electrons. The maximum atomic E-state index is 12.3. The first-order valence-electron chi connectivity index (χ1n) is 6.81. The van der Waals surface area contributed by atoms with Crippen molar-refractivity contribution < 1.29 is 4.79 Å². The maximum Gasteiger partial charge on any atom is 0.253 e. The number of amides is 1. The zero-order valence-corrected chi connectivity index (χ0v) is 10.9. The highest BCUT2D eigenvalue weighted by molar-refractivity contribution is 5.95. The summed E-state index contributed by atoms with van der Waals surface area (Å²) in [6, 6.07) is 6.16. The molecule has 96 valence electrons. The largest absolute Gasteiger partial charge is 0.335 e. The molecular weight excluding hydrogens is 224 g/mol. The second-order valence-electron chi connectivity index (χ2n) is 5.71. The van der Waals surface area contributed by atoms with Crippen molar-refractivity contribution in [1.29, 1.82) is 0 Å². The van der Waals surface area contributed by atoms with Crippen LogP contribution < -0.4 is 5.73 Å². The Bertz CT molecular complexity index is 489. The average Bonchev–Trinajstić information content (AvgIpc) is 2.81. The molecule has 2 N–H and O–H groups in total. The van der Waals surface area contributed by atoms with Crippen molar-refractivity contribution in [2.75, 3.05) is 13.1 Å². The van der Waals surface area contributed by atoms with Crippen molar-refractivity contribution in [1.82, 2.24) is 4.90 Å². The minimum atomic E-state index is -0.146. The summed E-state index contributed by atoms with van der Waals surface area (Å²) in [4.78, 5) is 14.2. The van der Waals surface area contributed by atoms with Crippen LogP contribution in [0.15, 0.2) is 18.2 Å². The monoisotopic (exact) mass is 244 g/mol. The van der Waals surface area contributed by atoms with Gasteiger partial charge >= 0.3 is 0 Å². The van der Waals surface area contributed by atoms with E-state index in [0.717, 1.165) is 24.8 Å². The molecule has 1 aromatic rings. The normalized spacial score (nSPS) is 20.4. The van der Waals surface area contributed by atoms with Crippen LogP contribution in [-0.2, 0) is 12.8 Å². The third-order valence-corrected chi connectivity index (χ3v) is 4.35. The van der Waals surface area contributed by atoms with E-state index in [1.807, 2.05) is 11.0 Å². The quantitative estimate of drug-likeness (QED) is 0.861. The smallest absolute Gasteiger partial charge is 0.253 e. The molecule has 3 rings (SSSR count). The van der Waals surface area contributed by atoms with E-state index in [0.29, 0.717) is 13.1 Å². The summed E-state index contributed by atoms with van der Waals surface area (Å²) >= 11 is 0. The lowest BCUT2D eigenvalue weighted by atomic mass is 9.87. The minimum absolute atomic E-state index is 0.138. The van der Waals surface area contributed by atoms with Gasteiger partial charge in [-0.3, -0.25) is 4.79 Å². The second-order valence-corrected chi connectivity index (χ2v) is 5.71. The number of nitrogens with zero attached hydrogens (tertiary/aromatic N) is 1. The molecule has 0 atom stereocenters. The van der Waals surface area contributed by atoms with Crippen molar-refractivity contribution in [3.63, 3.8) is 0 Å². The topological polar surface area (TPSA) is 46.3 Å². The molecule has 0 spiro atoms. The van der Waals surface area contributed by atoms with Crippen LogP contribution in [0, 0.1) is 0 Å². The highest BCUT2D eigenvalue weighted by Gasteiger charge is 2.40. The van der Waals surface area contributed by atoms with E-state index in [9.17, 15) is 4.79 Å². The molecule has 3 nitrogen and oxygen atoms in total. The summed E-state index contributed by atoms with van der Waals surface area (Å²) in [5, 5.41) is 0. The van der Waals surface area contributed by atoms with Crippen molar-refractivity contribution in [3.05, 3.63) is 34.9 Å². The van der Waals surface area contributed by atoms with Gasteiger partial charge in [-0.05, 0) is 48.9 Å². The first-order chi connectivity index (χ1) is 8.61. The van der Waals surface area contributed by atoms with Gasteiger partial charge in [0.2, 0.25) is 0 Å².